The Bertz CT molecular complexity index is 1960. The van der Waals surface area contributed by atoms with Gasteiger partial charge in [-0.3, -0.25) is 0 Å². The fourth-order valence-electron chi connectivity index (χ4n) is 6.23. The lowest BCUT2D eigenvalue weighted by atomic mass is 9.86. The summed E-state index contributed by atoms with van der Waals surface area (Å²) in [6.07, 6.45) is 2.04. The number of hydrogen-bond donors (Lipinski definition) is 0. The Kier molecular flexibility index (Phi) is 8.16. The van der Waals surface area contributed by atoms with Gasteiger partial charge in [-0.2, -0.15) is 0 Å². The molecule has 0 aromatic heterocycles. The van der Waals surface area contributed by atoms with E-state index < -0.39 is 7.92 Å². The average Bonchev–Trinajstić information content (AvgIpc) is 3.08. The van der Waals surface area contributed by atoms with E-state index in [0.29, 0.717) is 0 Å². The van der Waals surface area contributed by atoms with E-state index in [1.165, 1.54) is 65.3 Å². The standard InChI is InChI=1S/C41H34P2/c1-30-34(28-42-35-17-5-2-6-18-35)27-32-16-12-14-24-39(32)40(30)41-33(26-25-31-15-11-13-23-38(31)41)29-43(36-19-7-3-8-20-36)37-21-9-4-10-22-37/h2-27,42H,28-29H2,1H3. The SMILES string of the molecule is Cc1c(CPc2ccccc2)cc2ccccc2c1-c1c(CP(c2ccccc2)c2ccccc2)ccc2ccccc12. The van der Waals surface area contributed by atoms with E-state index >= 15 is 0 Å². The third-order valence-electron chi connectivity index (χ3n) is 8.40. The lowest BCUT2D eigenvalue weighted by molar-refractivity contribution is 1.32. The first-order valence-electron chi connectivity index (χ1n) is 14.9. The summed E-state index contributed by atoms with van der Waals surface area (Å²) in [6, 6.07) is 58.3. The van der Waals surface area contributed by atoms with Gasteiger partial charge in [0.05, 0.1) is 0 Å². The molecule has 208 valence electrons. The van der Waals surface area contributed by atoms with Gasteiger partial charge in [-0.15, -0.1) is 0 Å². The Balaban J connectivity index is 1.44. The molecule has 43 heavy (non-hydrogen) atoms. The summed E-state index contributed by atoms with van der Waals surface area (Å²) in [7, 11) is 0.158. The highest BCUT2D eigenvalue weighted by molar-refractivity contribution is 7.72. The maximum Gasteiger partial charge on any atom is 0.00138 e. The second-order valence-electron chi connectivity index (χ2n) is 11.1. The predicted octanol–water partition coefficient (Wildman–Crippen LogP) is 10.1. The van der Waals surface area contributed by atoms with Crippen molar-refractivity contribution >= 4 is 54.0 Å². The molecule has 0 radical (unpaired) electrons. The Labute approximate surface area is 258 Å². The van der Waals surface area contributed by atoms with Gasteiger partial charge in [0.25, 0.3) is 0 Å². The Morgan fingerprint density at radius 1 is 0.488 bits per heavy atom. The third-order valence-corrected chi connectivity index (χ3v) is 12.2. The van der Waals surface area contributed by atoms with Crippen LogP contribution in [-0.4, -0.2) is 0 Å². The fraction of sp³-hybridized carbons (Fsp3) is 0.0732. The zero-order valence-electron chi connectivity index (χ0n) is 24.4. The molecular formula is C41H34P2. The fourth-order valence-corrected chi connectivity index (χ4v) is 9.75. The molecule has 0 aliphatic rings. The largest absolute Gasteiger partial charge is 0.0859 e. The lowest BCUT2D eigenvalue weighted by Gasteiger charge is -2.24. The van der Waals surface area contributed by atoms with Gasteiger partial charge < -0.3 is 0 Å². The molecule has 0 bridgehead atoms. The van der Waals surface area contributed by atoms with Crippen molar-refractivity contribution in [3.8, 4) is 11.1 Å². The van der Waals surface area contributed by atoms with Crippen LogP contribution in [0.25, 0.3) is 32.7 Å². The molecule has 0 saturated heterocycles. The molecule has 0 spiro atoms. The highest BCUT2D eigenvalue weighted by Gasteiger charge is 2.21. The van der Waals surface area contributed by atoms with Gasteiger partial charge in [0.1, 0.15) is 0 Å². The van der Waals surface area contributed by atoms with Crippen LogP contribution in [0.5, 0.6) is 0 Å². The number of benzene rings is 7. The van der Waals surface area contributed by atoms with Gasteiger partial charge in [-0.25, -0.2) is 0 Å². The van der Waals surface area contributed by atoms with Crippen LogP contribution >= 0.6 is 16.5 Å². The quantitative estimate of drug-likeness (QED) is 0.155. The lowest BCUT2D eigenvalue weighted by Crippen LogP contribution is -2.13. The molecule has 0 aliphatic heterocycles. The molecule has 0 N–H and O–H groups in total. The predicted molar refractivity (Wildman–Crippen MR) is 192 cm³/mol. The molecule has 7 rings (SSSR count). The zero-order chi connectivity index (χ0) is 29.0. The van der Waals surface area contributed by atoms with Crippen LogP contribution in [0, 0.1) is 6.92 Å². The van der Waals surface area contributed by atoms with Gasteiger partial charge in [0.2, 0.25) is 0 Å². The highest BCUT2D eigenvalue weighted by Crippen LogP contribution is 2.46. The van der Waals surface area contributed by atoms with Crippen LogP contribution in [0.15, 0.2) is 158 Å². The first-order valence-corrected chi connectivity index (χ1v) is 17.7. The topological polar surface area (TPSA) is 0 Å². The smallest absolute Gasteiger partial charge is 0.00138 e. The number of rotatable bonds is 8. The van der Waals surface area contributed by atoms with Crippen molar-refractivity contribution in [3.63, 3.8) is 0 Å². The van der Waals surface area contributed by atoms with Crippen molar-refractivity contribution in [3.05, 3.63) is 174 Å². The molecule has 7 aromatic carbocycles. The van der Waals surface area contributed by atoms with Crippen molar-refractivity contribution in [2.24, 2.45) is 0 Å². The molecule has 0 saturated carbocycles. The van der Waals surface area contributed by atoms with Crippen LogP contribution in [-0.2, 0) is 12.3 Å². The summed E-state index contributed by atoms with van der Waals surface area (Å²) < 4.78 is 0. The number of hydrogen-bond acceptors (Lipinski definition) is 0. The normalized spacial score (nSPS) is 11.7. The van der Waals surface area contributed by atoms with Crippen molar-refractivity contribution in [1.82, 2.24) is 0 Å². The Morgan fingerprint density at radius 3 is 1.67 bits per heavy atom. The van der Waals surface area contributed by atoms with Crippen LogP contribution in [0.3, 0.4) is 0 Å². The summed E-state index contributed by atoms with van der Waals surface area (Å²) in [5.74, 6) is 0. The maximum absolute atomic E-state index is 2.44. The van der Waals surface area contributed by atoms with Gasteiger partial charge in [0, 0.05) is 6.16 Å². The van der Waals surface area contributed by atoms with Crippen LogP contribution < -0.4 is 15.9 Å². The van der Waals surface area contributed by atoms with E-state index in [-0.39, 0.29) is 0 Å². The Hall–Kier alpha value is -4.08. The average molecular weight is 589 g/mol. The Morgan fingerprint density at radius 2 is 1.02 bits per heavy atom. The zero-order valence-corrected chi connectivity index (χ0v) is 26.3. The van der Waals surface area contributed by atoms with Crippen molar-refractivity contribution in [1.29, 1.82) is 0 Å². The summed E-state index contributed by atoms with van der Waals surface area (Å²) in [6.45, 7) is 2.36. The summed E-state index contributed by atoms with van der Waals surface area (Å²) in [4.78, 5) is 0. The van der Waals surface area contributed by atoms with Gasteiger partial charge >= 0.3 is 0 Å². The molecule has 1 unspecified atom stereocenters. The molecule has 2 heteroatoms. The van der Waals surface area contributed by atoms with E-state index in [1.54, 1.807) is 0 Å². The highest BCUT2D eigenvalue weighted by atomic mass is 31.1. The minimum Gasteiger partial charge on any atom is -0.0859 e. The first kappa shape index (κ1) is 27.7. The van der Waals surface area contributed by atoms with Gasteiger partial charge in [-0.1, -0.05) is 166 Å². The molecule has 0 fully saturated rings. The molecular weight excluding hydrogens is 554 g/mol. The van der Waals surface area contributed by atoms with E-state index in [4.69, 9.17) is 0 Å². The third kappa shape index (κ3) is 5.79. The second kappa shape index (κ2) is 12.7. The van der Waals surface area contributed by atoms with E-state index in [0.717, 1.165) is 20.9 Å². The van der Waals surface area contributed by atoms with E-state index in [1.807, 2.05) is 0 Å². The molecule has 0 nitrogen and oxygen atoms in total. The summed E-state index contributed by atoms with van der Waals surface area (Å²) >= 11 is 0. The van der Waals surface area contributed by atoms with Crippen molar-refractivity contribution in [2.75, 3.05) is 0 Å². The minimum absolute atomic E-state index is 0.585. The van der Waals surface area contributed by atoms with Gasteiger partial charge in [-0.05, 0) is 86.3 Å². The summed E-state index contributed by atoms with van der Waals surface area (Å²) in [5, 5.41) is 9.55. The first-order chi connectivity index (χ1) is 21.3. The van der Waals surface area contributed by atoms with Crippen LogP contribution in [0.4, 0.5) is 0 Å². The second-order valence-corrected chi connectivity index (χ2v) is 14.5. The van der Waals surface area contributed by atoms with Crippen molar-refractivity contribution in [2.45, 2.75) is 19.2 Å². The molecule has 0 aliphatic carbocycles. The van der Waals surface area contributed by atoms with Crippen molar-refractivity contribution < 1.29 is 0 Å². The van der Waals surface area contributed by atoms with Crippen LogP contribution in [0.1, 0.15) is 16.7 Å². The van der Waals surface area contributed by atoms with Gasteiger partial charge in [0.15, 0.2) is 0 Å². The molecule has 7 aromatic rings. The molecule has 0 heterocycles. The number of fused-ring (bicyclic) bond motifs is 2. The monoisotopic (exact) mass is 588 g/mol. The minimum atomic E-state index is -0.585. The summed E-state index contributed by atoms with van der Waals surface area (Å²) in [5.41, 5.74) is 7.07. The molecule has 1 atom stereocenters. The van der Waals surface area contributed by atoms with E-state index in [9.17, 15) is 0 Å². The van der Waals surface area contributed by atoms with E-state index in [2.05, 4.69) is 165 Å². The maximum atomic E-state index is 2.44. The van der Waals surface area contributed by atoms with Crippen LogP contribution in [0.2, 0.25) is 0 Å². The molecule has 0 amide bonds.